The number of carbonyl (C=O) groups excluding carboxylic acids is 2. The highest BCUT2D eigenvalue weighted by Crippen LogP contribution is 2.22. The highest BCUT2D eigenvalue weighted by atomic mass is 16.5. The molecule has 2 rings (SSSR count). The van der Waals surface area contributed by atoms with Gasteiger partial charge in [0.2, 0.25) is 5.91 Å². The number of ether oxygens (including phenoxy) is 1. The van der Waals surface area contributed by atoms with Crippen LogP contribution in [-0.2, 0) is 4.79 Å². The maximum atomic E-state index is 12.3. The van der Waals surface area contributed by atoms with E-state index in [1.54, 1.807) is 24.3 Å². The molecule has 0 radical (unpaired) electrons. The van der Waals surface area contributed by atoms with Crippen LogP contribution in [-0.4, -0.2) is 18.3 Å². The number of aryl methyl sites for hydroxylation is 3. The Bertz CT molecular complexity index is 755. The first-order valence-corrected chi connectivity index (χ1v) is 9.04. The Hall–Kier alpha value is -2.62. The average Bonchev–Trinajstić information content (AvgIpc) is 2.61. The fourth-order valence-electron chi connectivity index (χ4n) is 2.91. The maximum absolute atomic E-state index is 12.3. The lowest BCUT2D eigenvalue weighted by molar-refractivity contribution is -0.116. The zero-order valence-corrected chi connectivity index (χ0v) is 16.0. The van der Waals surface area contributed by atoms with Crippen molar-refractivity contribution in [3.8, 4) is 5.75 Å². The van der Waals surface area contributed by atoms with Gasteiger partial charge >= 0.3 is 0 Å². The van der Waals surface area contributed by atoms with Gasteiger partial charge in [0.15, 0.2) is 5.78 Å². The molecule has 0 aromatic heterocycles. The van der Waals surface area contributed by atoms with Crippen molar-refractivity contribution >= 4 is 17.4 Å². The van der Waals surface area contributed by atoms with Gasteiger partial charge in [0.25, 0.3) is 0 Å². The van der Waals surface area contributed by atoms with Crippen LogP contribution < -0.4 is 10.1 Å². The Balaban J connectivity index is 1.90. The Morgan fingerprint density at radius 1 is 0.962 bits per heavy atom. The fraction of sp³-hybridized carbons (Fsp3) is 0.364. The first kappa shape index (κ1) is 19.7. The molecule has 4 nitrogen and oxygen atoms in total. The minimum absolute atomic E-state index is 0.0421. The SMILES string of the molecule is CCCOc1ccc(C(=O)CCC(=O)Nc2c(C)cc(C)cc2C)cc1. The normalized spacial score (nSPS) is 10.5. The number of Topliss-reactive ketones (excluding diaryl/α,β-unsaturated/α-hetero) is 1. The van der Waals surface area contributed by atoms with Crippen LogP contribution in [0.25, 0.3) is 0 Å². The van der Waals surface area contributed by atoms with E-state index in [1.807, 2.05) is 39.8 Å². The summed E-state index contributed by atoms with van der Waals surface area (Å²) < 4.78 is 5.51. The second-order valence-corrected chi connectivity index (χ2v) is 6.62. The van der Waals surface area contributed by atoms with Crippen LogP contribution >= 0.6 is 0 Å². The second kappa shape index (κ2) is 9.18. The zero-order chi connectivity index (χ0) is 19.1. The molecule has 0 bridgehead atoms. The van der Waals surface area contributed by atoms with Crippen LogP contribution in [0.1, 0.15) is 53.2 Å². The van der Waals surface area contributed by atoms with Gasteiger partial charge < -0.3 is 10.1 Å². The van der Waals surface area contributed by atoms with Crippen LogP contribution in [0, 0.1) is 20.8 Å². The van der Waals surface area contributed by atoms with Gasteiger partial charge in [-0.2, -0.15) is 0 Å². The molecule has 1 N–H and O–H groups in total. The van der Waals surface area contributed by atoms with Gasteiger partial charge in [-0.05, 0) is 62.6 Å². The van der Waals surface area contributed by atoms with Crippen molar-refractivity contribution in [3.63, 3.8) is 0 Å². The summed E-state index contributed by atoms with van der Waals surface area (Å²) in [7, 11) is 0. The van der Waals surface area contributed by atoms with Gasteiger partial charge in [-0.25, -0.2) is 0 Å². The number of hydrogen-bond donors (Lipinski definition) is 1. The number of carbonyl (C=O) groups is 2. The lowest BCUT2D eigenvalue weighted by atomic mass is 10.0. The molecule has 0 aliphatic carbocycles. The smallest absolute Gasteiger partial charge is 0.224 e. The molecule has 2 aromatic rings. The molecule has 0 atom stereocenters. The third kappa shape index (κ3) is 5.45. The highest BCUT2D eigenvalue weighted by Gasteiger charge is 2.12. The van der Waals surface area contributed by atoms with Crippen LogP contribution in [0.2, 0.25) is 0 Å². The van der Waals surface area contributed by atoms with E-state index in [-0.39, 0.29) is 24.5 Å². The highest BCUT2D eigenvalue weighted by molar-refractivity contribution is 6.00. The van der Waals surface area contributed by atoms with E-state index in [0.717, 1.165) is 29.0 Å². The summed E-state index contributed by atoms with van der Waals surface area (Å²) in [6, 6.07) is 11.2. The van der Waals surface area contributed by atoms with Crippen molar-refractivity contribution in [3.05, 3.63) is 58.7 Å². The maximum Gasteiger partial charge on any atom is 0.224 e. The number of ketones is 1. The van der Waals surface area contributed by atoms with Crippen molar-refractivity contribution in [1.29, 1.82) is 0 Å². The lowest BCUT2D eigenvalue weighted by Crippen LogP contribution is -2.15. The summed E-state index contributed by atoms with van der Waals surface area (Å²) in [5, 5.41) is 2.93. The molecule has 0 aliphatic heterocycles. The number of hydrogen-bond acceptors (Lipinski definition) is 3. The lowest BCUT2D eigenvalue weighted by Gasteiger charge is -2.12. The van der Waals surface area contributed by atoms with E-state index < -0.39 is 0 Å². The van der Waals surface area contributed by atoms with Gasteiger partial charge in [0.1, 0.15) is 5.75 Å². The van der Waals surface area contributed by atoms with Crippen LogP contribution in [0.5, 0.6) is 5.75 Å². The molecule has 4 heteroatoms. The van der Waals surface area contributed by atoms with Crippen molar-refractivity contribution < 1.29 is 14.3 Å². The minimum atomic E-state index is -0.142. The molecule has 2 aromatic carbocycles. The number of benzene rings is 2. The largest absolute Gasteiger partial charge is 0.494 e. The Kier molecular flexibility index (Phi) is 6.96. The number of amides is 1. The molecule has 0 heterocycles. The number of rotatable bonds is 8. The van der Waals surface area contributed by atoms with Crippen LogP contribution in [0.4, 0.5) is 5.69 Å². The van der Waals surface area contributed by atoms with Gasteiger partial charge in [-0.3, -0.25) is 9.59 Å². The molecule has 0 aliphatic rings. The molecule has 138 valence electrons. The predicted molar refractivity (Wildman–Crippen MR) is 105 cm³/mol. The topological polar surface area (TPSA) is 55.4 Å². The monoisotopic (exact) mass is 353 g/mol. The van der Waals surface area contributed by atoms with Crippen molar-refractivity contribution in [2.75, 3.05) is 11.9 Å². The molecule has 0 fully saturated rings. The van der Waals surface area contributed by atoms with E-state index in [1.165, 1.54) is 5.56 Å². The van der Waals surface area contributed by atoms with Crippen LogP contribution in [0.15, 0.2) is 36.4 Å². The van der Waals surface area contributed by atoms with E-state index >= 15 is 0 Å². The van der Waals surface area contributed by atoms with E-state index in [9.17, 15) is 9.59 Å². The number of anilines is 1. The summed E-state index contributed by atoms with van der Waals surface area (Å²) >= 11 is 0. The fourth-order valence-corrected chi connectivity index (χ4v) is 2.91. The molecule has 0 saturated heterocycles. The summed E-state index contributed by atoms with van der Waals surface area (Å²) in [6.07, 6.45) is 1.29. The minimum Gasteiger partial charge on any atom is -0.494 e. The summed E-state index contributed by atoms with van der Waals surface area (Å²) in [6.45, 7) is 8.68. The Morgan fingerprint density at radius 2 is 1.58 bits per heavy atom. The molecular weight excluding hydrogens is 326 g/mol. The van der Waals surface area contributed by atoms with Crippen molar-refractivity contribution in [2.45, 2.75) is 47.0 Å². The third-order valence-corrected chi connectivity index (χ3v) is 4.17. The van der Waals surface area contributed by atoms with Gasteiger partial charge in [-0.15, -0.1) is 0 Å². The molecule has 26 heavy (non-hydrogen) atoms. The predicted octanol–water partition coefficient (Wildman–Crippen LogP) is 5.00. The molecule has 0 saturated carbocycles. The van der Waals surface area contributed by atoms with Crippen molar-refractivity contribution in [2.24, 2.45) is 0 Å². The second-order valence-electron chi connectivity index (χ2n) is 6.62. The first-order valence-electron chi connectivity index (χ1n) is 9.04. The van der Waals surface area contributed by atoms with Crippen LogP contribution in [0.3, 0.4) is 0 Å². The zero-order valence-electron chi connectivity index (χ0n) is 16.0. The number of nitrogens with one attached hydrogen (secondary N) is 1. The Morgan fingerprint density at radius 3 is 2.15 bits per heavy atom. The first-order chi connectivity index (χ1) is 12.4. The average molecular weight is 353 g/mol. The van der Waals surface area contributed by atoms with Gasteiger partial charge in [0, 0.05) is 24.1 Å². The van der Waals surface area contributed by atoms with Gasteiger partial charge in [-0.1, -0.05) is 24.6 Å². The molecule has 0 spiro atoms. The standard InChI is InChI=1S/C22H27NO3/c1-5-12-26-19-8-6-18(7-9-19)20(24)10-11-21(25)23-22-16(3)13-15(2)14-17(22)4/h6-9,13-14H,5,10-12H2,1-4H3,(H,23,25). The molecule has 1 amide bonds. The quantitative estimate of drug-likeness (QED) is 0.679. The van der Waals surface area contributed by atoms with Crippen molar-refractivity contribution in [1.82, 2.24) is 0 Å². The van der Waals surface area contributed by atoms with E-state index in [2.05, 4.69) is 5.32 Å². The summed E-state index contributed by atoms with van der Waals surface area (Å²) in [4.78, 5) is 24.5. The summed E-state index contributed by atoms with van der Waals surface area (Å²) in [5.41, 5.74) is 4.67. The van der Waals surface area contributed by atoms with Gasteiger partial charge in [0.05, 0.1) is 6.61 Å². The molecular formula is C22H27NO3. The van der Waals surface area contributed by atoms with E-state index in [0.29, 0.717) is 12.2 Å². The third-order valence-electron chi connectivity index (χ3n) is 4.17. The Labute approximate surface area is 155 Å². The molecule has 0 unspecified atom stereocenters. The summed E-state index contributed by atoms with van der Waals surface area (Å²) in [5.74, 6) is 0.572. The van der Waals surface area contributed by atoms with E-state index in [4.69, 9.17) is 4.74 Å².